The number of benzene rings is 1. The van der Waals surface area contributed by atoms with E-state index in [0.29, 0.717) is 61.3 Å². The molecule has 2 atom stereocenters. The predicted molar refractivity (Wildman–Crippen MR) is 188 cm³/mol. The number of nitrogens with zero attached hydrogens (tertiary/aromatic N) is 8. The van der Waals surface area contributed by atoms with Crippen LogP contribution in [0.3, 0.4) is 0 Å². The van der Waals surface area contributed by atoms with Crippen molar-refractivity contribution in [2.75, 3.05) is 63.2 Å². The van der Waals surface area contributed by atoms with Gasteiger partial charge in [-0.2, -0.15) is 16.9 Å². The van der Waals surface area contributed by atoms with Gasteiger partial charge in [0.15, 0.2) is 11.6 Å². The van der Waals surface area contributed by atoms with Crippen LogP contribution in [0.1, 0.15) is 61.0 Å². The monoisotopic (exact) mass is 676 g/mol. The molecule has 48 heavy (non-hydrogen) atoms. The maximum Gasteiger partial charge on any atom is 0.257 e. The number of carbonyl (C=O) groups is 3. The van der Waals surface area contributed by atoms with Crippen LogP contribution >= 0.6 is 11.8 Å². The second-order valence-corrected chi connectivity index (χ2v) is 13.9. The number of anilines is 1. The average molecular weight is 677 g/mol. The fraction of sp³-hybridized carbons (Fsp3) is 0.559. The van der Waals surface area contributed by atoms with Gasteiger partial charge in [-0.15, -0.1) is 0 Å². The Labute approximate surface area is 287 Å². The summed E-state index contributed by atoms with van der Waals surface area (Å²) in [6.07, 6.45) is 4.73. The molecule has 1 aromatic carbocycles. The fourth-order valence-electron chi connectivity index (χ4n) is 5.97. The van der Waals surface area contributed by atoms with E-state index < -0.39 is 12.1 Å². The lowest BCUT2D eigenvalue weighted by molar-refractivity contribution is -0.129. The van der Waals surface area contributed by atoms with Crippen molar-refractivity contribution in [1.29, 1.82) is 0 Å². The van der Waals surface area contributed by atoms with Crippen LogP contribution in [0, 0.1) is 12.8 Å². The molecule has 5 rings (SSSR count). The highest BCUT2D eigenvalue weighted by molar-refractivity contribution is 7.98. The molecule has 3 aromatic rings. The van der Waals surface area contributed by atoms with Crippen molar-refractivity contribution >= 4 is 35.4 Å². The summed E-state index contributed by atoms with van der Waals surface area (Å²) in [6.45, 7) is 10.4. The van der Waals surface area contributed by atoms with Crippen molar-refractivity contribution in [2.24, 2.45) is 5.92 Å². The van der Waals surface area contributed by atoms with E-state index in [2.05, 4.69) is 32.5 Å². The number of hydrogen-bond acceptors (Lipinski definition) is 10. The molecule has 1 fully saturated rings. The van der Waals surface area contributed by atoms with Crippen LogP contribution < -0.4 is 15.5 Å². The lowest BCUT2D eigenvalue weighted by atomic mass is 10.0. The number of aromatic nitrogens is 5. The van der Waals surface area contributed by atoms with E-state index in [1.807, 2.05) is 62.0 Å². The number of fused-ring (bicyclic) bond motifs is 1. The maximum atomic E-state index is 14.1. The summed E-state index contributed by atoms with van der Waals surface area (Å²) < 4.78 is 1.81. The standard InChI is InChI=1S/C34H48N10O3S/c1-23(2)29-31-39-30(25-10-7-6-8-11-25)40-44(31)20-19-42(14-9-12-28(45)37-27(13-21-48-5)32(46)38-29)33(47)26-22-35-34(36-24(26)3)43-17-15-41(4)16-18-43/h6-8,10-11,22-23,27,29H,9,12-21H2,1-5H3,(H,37,45)(H,38,46)/t27-,29+/m0/s1. The van der Waals surface area contributed by atoms with Gasteiger partial charge in [0.25, 0.3) is 5.91 Å². The van der Waals surface area contributed by atoms with E-state index in [1.54, 1.807) is 22.9 Å². The number of rotatable bonds is 7. The van der Waals surface area contributed by atoms with E-state index in [4.69, 9.17) is 15.1 Å². The highest BCUT2D eigenvalue weighted by Crippen LogP contribution is 2.25. The summed E-state index contributed by atoms with van der Waals surface area (Å²) in [5.74, 6) is 1.83. The lowest BCUT2D eigenvalue weighted by Crippen LogP contribution is -2.49. The Morgan fingerprint density at radius 3 is 2.44 bits per heavy atom. The molecule has 2 aliphatic rings. The normalized spacial score (nSPS) is 20.2. The van der Waals surface area contributed by atoms with Crippen molar-refractivity contribution < 1.29 is 14.4 Å². The minimum Gasteiger partial charge on any atom is -0.344 e. The van der Waals surface area contributed by atoms with E-state index in [-0.39, 0.29) is 30.1 Å². The van der Waals surface area contributed by atoms with Crippen molar-refractivity contribution in [3.8, 4) is 11.4 Å². The first-order valence-electron chi connectivity index (χ1n) is 16.8. The summed E-state index contributed by atoms with van der Waals surface area (Å²) in [6, 6.07) is 8.56. The summed E-state index contributed by atoms with van der Waals surface area (Å²) in [4.78, 5) is 61.3. The van der Waals surface area contributed by atoms with Crippen LogP contribution in [-0.2, 0) is 16.1 Å². The number of carbonyl (C=O) groups excluding carboxylic acids is 3. The zero-order valence-electron chi connectivity index (χ0n) is 28.7. The largest absolute Gasteiger partial charge is 0.344 e. The first-order chi connectivity index (χ1) is 23.1. The molecule has 0 unspecified atom stereocenters. The maximum absolute atomic E-state index is 14.1. The van der Waals surface area contributed by atoms with Crippen molar-refractivity contribution in [3.05, 3.63) is 53.6 Å². The van der Waals surface area contributed by atoms with Gasteiger partial charge in [-0.05, 0) is 44.7 Å². The topological polar surface area (TPSA) is 141 Å². The van der Waals surface area contributed by atoms with Gasteiger partial charge in [0, 0.05) is 57.4 Å². The highest BCUT2D eigenvalue weighted by atomic mass is 32.2. The molecule has 14 heteroatoms. The Morgan fingerprint density at radius 2 is 1.75 bits per heavy atom. The Kier molecular flexibility index (Phi) is 12.0. The molecule has 0 saturated carbocycles. The minimum absolute atomic E-state index is 0.0262. The van der Waals surface area contributed by atoms with E-state index in [0.717, 1.165) is 37.5 Å². The first kappa shape index (κ1) is 35.3. The van der Waals surface area contributed by atoms with Crippen molar-refractivity contribution in [1.82, 2.24) is 45.2 Å². The van der Waals surface area contributed by atoms with Crippen LogP contribution in [0.4, 0.5) is 5.95 Å². The van der Waals surface area contributed by atoms with Gasteiger partial charge in [0.2, 0.25) is 17.8 Å². The number of nitrogens with one attached hydrogen (secondary N) is 2. The van der Waals surface area contributed by atoms with Gasteiger partial charge in [-0.3, -0.25) is 14.4 Å². The summed E-state index contributed by atoms with van der Waals surface area (Å²) in [5, 5.41) is 11.0. The van der Waals surface area contributed by atoms with Crippen LogP contribution in [-0.4, -0.2) is 117 Å². The Bertz CT molecular complexity index is 1560. The second kappa shape index (κ2) is 16.4. The van der Waals surface area contributed by atoms with Crippen LogP contribution in [0.15, 0.2) is 36.5 Å². The number of amides is 3. The second-order valence-electron chi connectivity index (χ2n) is 12.9. The molecular formula is C34H48N10O3S. The molecule has 1 saturated heterocycles. The highest BCUT2D eigenvalue weighted by Gasteiger charge is 2.31. The summed E-state index contributed by atoms with van der Waals surface area (Å²) >= 11 is 1.62. The number of thioether (sulfide) groups is 1. The summed E-state index contributed by atoms with van der Waals surface area (Å²) in [5.41, 5.74) is 1.91. The molecule has 0 aliphatic carbocycles. The first-order valence-corrected chi connectivity index (χ1v) is 18.2. The lowest BCUT2D eigenvalue weighted by Gasteiger charge is -2.32. The number of likely N-dealkylation sites (N-methyl/N-ethyl adjacent to an activating group) is 1. The molecular weight excluding hydrogens is 629 g/mol. The summed E-state index contributed by atoms with van der Waals surface area (Å²) in [7, 11) is 2.10. The molecule has 2 aromatic heterocycles. The number of aryl methyl sites for hydroxylation is 1. The quantitative estimate of drug-likeness (QED) is 0.384. The SMILES string of the molecule is CSCC[C@@H]1NC(=O)CCCN(C(=O)c2cnc(N3CCN(C)CC3)nc2C)CCn2nc(-c3ccccc3)nc2[C@@H](C(C)C)NC1=O. The Hall–Kier alpha value is -4.04. The van der Waals surface area contributed by atoms with Gasteiger partial charge in [-0.1, -0.05) is 44.2 Å². The predicted octanol–water partition coefficient (Wildman–Crippen LogP) is 2.78. The smallest absolute Gasteiger partial charge is 0.257 e. The van der Waals surface area contributed by atoms with E-state index >= 15 is 0 Å². The molecule has 0 radical (unpaired) electrons. The molecule has 0 spiro atoms. The molecule has 2 N–H and O–H groups in total. The van der Waals surface area contributed by atoms with Gasteiger partial charge in [-0.25, -0.2) is 19.6 Å². The van der Waals surface area contributed by atoms with Crippen molar-refractivity contribution in [2.45, 2.75) is 58.7 Å². The minimum atomic E-state index is -0.685. The molecule has 0 bridgehead atoms. The third-order valence-corrected chi connectivity index (χ3v) is 9.57. The Morgan fingerprint density at radius 1 is 1.00 bits per heavy atom. The van der Waals surface area contributed by atoms with Gasteiger partial charge < -0.3 is 25.3 Å². The van der Waals surface area contributed by atoms with Gasteiger partial charge in [0.05, 0.1) is 23.8 Å². The zero-order chi connectivity index (χ0) is 34.2. The average Bonchev–Trinajstić information content (AvgIpc) is 3.50. The van der Waals surface area contributed by atoms with Crippen LogP contribution in [0.5, 0.6) is 0 Å². The molecule has 3 amide bonds. The molecule has 258 valence electrons. The Balaban J connectivity index is 1.47. The number of hydrogen-bond donors (Lipinski definition) is 2. The van der Waals surface area contributed by atoms with E-state index in [1.165, 1.54) is 0 Å². The molecule has 4 heterocycles. The van der Waals surface area contributed by atoms with Gasteiger partial charge in [0.1, 0.15) is 6.04 Å². The van der Waals surface area contributed by atoms with Crippen LogP contribution in [0.2, 0.25) is 0 Å². The van der Waals surface area contributed by atoms with Crippen molar-refractivity contribution in [3.63, 3.8) is 0 Å². The third kappa shape index (κ3) is 8.70. The zero-order valence-corrected chi connectivity index (χ0v) is 29.5. The third-order valence-electron chi connectivity index (χ3n) is 8.92. The van der Waals surface area contributed by atoms with Crippen LogP contribution in [0.25, 0.3) is 11.4 Å². The molecule has 2 aliphatic heterocycles. The van der Waals surface area contributed by atoms with Gasteiger partial charge >= 0.3 is 0 Å². The van der Waals surface area contributed by atoms with E-state index in [9.17, 15) is 14.4 Å². The number of piperazine rings is 1. The fourth-order valence-corrected chi connectivity index (χ4v) is 6.44. The molecule has 13 nitrogen and oxygen atoms in total.